The number of phosphoric ester groups is 1. The van der Waals surface area contributed by atoms with Gasteiger partial charge in [0.05, 0.1) is 39.9 Å². The Labute approximate surface area is 480 Å². The Balaban J connectivity index is 4.05. The molecule has 0 aromatic carbocycles. The number of aliphatic hydroxyl groups excluding tert-OH is 1. The Morgan fingerprint density at radius 2 is 0.740 bits per heavy atom. The van der Waals surface area contributed by atoms with Crippen molar-refractivity contribution in [3.63, 3.8) is 0 Å². The lowest BCUT2D eigenvalue weighted by atomic mass is 10.0. The maximum Gasteiger partial charge on any atom is 0.472 e. The highest BCUT2D eigenvalue weighted by molar-refractivity contribution is 7.47. The molecule has 0 aliphatic carbocycles. The lowest BCUT2D eigenvalue weighted by Crippen LogP contribution is -2.46. The van der Waals surface area contributed by atoms with Crippen LogP contribution in [0.2, 0.25) is 0 Å². The Bertz CT molecular complexity index is 1350. The number of likely N-dealkylation sites (N-methyl/N-ethyl adjacent to an activating group) is 1. The summed E-state index contributed by atoms with van der Waals surface area (Å²) in [7, 11) is 1.63. The van der Waals surface area contributed by atoms with E-state index in [9.17, 15) is 19.4 Å². The molecular formula is C68H134N2O6P+. The number of hydrogen-bond donors (Lipinski definition) is 3. The van der Waals surface area contributed by atoms with Crippen molar-refractivity contribution in [3.8, 4) is 0 Å². The highest BCUT2D eigenvalue weighted by Gasteiger charge is 2.28. The monoisotopic (exact) mass is 1110 g/mol. The SMILES string of the molecule is CCCCCCC/C=C\C/C=C\C/C=C\CCCCCCCCCCCCCCCCC(=O)NC(COP(=O)(O)OCC[N+](C)(C)C)C(O)CCCCCCCCCCCCCCCCCCCCCCCCCCCC. The van der Waals surface area contributed by atoms with Gasteiger partial charge in [-0.25, -0.2) is 4.57 Å². The molecule has 456 valence electrons. The van der Waals surface area contributed by atoms with Gasteiger partial charge in [0.25, 0.3) is 0 Å². The van der Waals surface area contributed by atoms with Crippen LogP contribution < -0.4 is 5.32 Å². The van der Waals surface area contributed by atoms with Crippen LogP contribution in [-0.4, -0.2) is 73.4 Å². The Morgan fingerprint density at radius 1 is 0.442 bits per heavy atom. The molecule has 0 fully saturated rings. The maximum atomic E-state index is 13.1. The number of nitrogens with one attached hydrogen (secondary N) is 1. The number of rotatable bonds is 63. The third-order valence-electron chi connectivity index (χ3n) is 15.6. The third kappa shape index (κ3) is 62.2. The van der Waals surface area contributed by atoms with Crippen LogP contribution in [0.15, 0.2) is 36.5 Å². The fourth-order valence-electron chi connectivity index (χ4n) is 10.4. The van der Waals surface area contributed by atoms with Gasteiger partial charge in [-0.15, -0.1) is 0 Å². The average molecular weight is 1110 g/mol. The van der Waals surface area contributed by atoms with Crippen molar-refractivity contribution >= 4 is 13.7 Å². The summed E-state index contributed by atoms with van der Waals surface area (Å²) in [6.45, 7) is 4.93. The first-order valence-corrected chi connectivity index (χ1v) is 35.3. The molecule has 0 spiro atoms. The molecule has 9 heteroatoms. The van der Waals surface area contributed by atoms with Crippen LogP contribution >= 0.6 is 7.82 Å². The number of phosphoric acid groups is 1. The lowest BCUT2D eigenvalue weighted by Gasteiger charge is -2.26. The zero-order valence-corrected chi connectivity index (χ0v) is 53.1. The van der Waals surface area contributed by atoms with E-state index in [1.165, 1.54) is 263 Å². The van der Waals surface area contributed by atoms with Gasteiger partial charge in [-0.1, -0.05) is 320 Å². The van der Waals surface area contributed by atoms with Crippen molar-refractivity contribution in [2.24, 2.45) is 0 Å². The Hall–Kier alpha value is -1.28. The smallest absolute Gasteiger partial charge is 0.391 e. The molecule has 0 aromatic heterocycles. The van der Waals surface area contributed by atoms with Gasteiger partial charge >= 0.3 is 7.82 Å². The normalized spacial score (nSPS) is 13.9. The number of unbranched alkanes of at least 4 members (excludes halogenated alkanes) is 44. The van der Waals surface area contributed by atoms with E-state index in [-0.39, 0.29) is 19.1 Å². The number of carbonyl (C=O) groups is 1. The van der Waals surface area contributed by atoms with Gasteiger partial charge in [0.2, 0.25) is 5.91 Å². The minimum atomic E-state index is -4.33. The van der Waals surface area contributed by atoms with E-state index in [2.05, 4.69) is 55.6 Å². The first kappa shape index (κ1) is 75.7. The van der Waals surface area contributed by atoms with E-state index in [0.29, 0.717) is 23.9 Å². The number of amides is 1. The fraction of sp³-hybridized carbons (Fsp3) is 0.897. The van der Waals surface area contributed by atoms with Crippen LogP contribution in [0.1, 0.15) is 341 Å². The summed E-state index contributed by atoms with van der Waals surface area (Å²) >= 11 is 0. The second-order valence-corrected chi connectivity index (χ2v) is 26.0. The van der Waals surface area contributed by atoms with Crippen molar-refractivity contribution in [1.29, 1.82) is 0 Å². The van der Waals surface area contributed by atoms with Gasteiger partial charge < -0.3 is 19.8 Å². The molecule has 0 rings (SSSR count). The minimum Gasteiger partial charge on any atom is -0.391 e. The van der Waals surface area contributed by atoms with Gasteiger partial charge in [-0.2, -0.15) is 0 Å². The summed E-state index contributed by atoms with van der Waals surface area (Å²) in [6.07, 6.45) is 78.0. The van der Waals surface area contributed by atoms with Crippen molar-refractivity contribution < 1.29 is 32.9 Å². The zero-order chi connectivity index (χ0) is 56.3. The summed E-state index contributed by atoms with van der Waals surface area (Å²) in [6, 6.07) is -0.762. The highest BCUT2D eigenvalue weighted by Crippen LogP contribution is 2.43. The number of hydrogen-bond acceptors (Lipinski definition) is 5. The largest absolute Gasteiger partial charge is 0.472 e. The van der Waals surface area contributed by atoms with Gasteiger partial charge in [-0.3, -0.25) is 13.8 Å². The second kappa shape index (κ2) is 59.3. The number of quaternary nitrogens is 1. The van der Waals surface area contributed by atoms with E-state index in [0.717, 1.165) is 51.4 Å². The molecule has 8 nitrogen and oxygen atoms in total. The molecule has 0 radical (unpaired) electrons. The summed E-state index contributed by atoms with van der Waals surface area (Å²) < 4.78 is 23.9. The van der Waals surface area contributed by atoms with Crippen molar-refractivity contribution in [2.45, 2.75) is 353 Å². The lowest BCUT2D eigenvalue weighted by molar-refractivity contribution is -0.870. The van der Waals surface area contributed by atoms with Gasteiger partial charge in [0.1, 0.15) is 13.2 Å². The topological polar surface area (TPSA) is 105 Å². The molecule has 0 bridgehead atoms. The number of nitrogens with zero attached hydrogens (tertiary/aromatic N) is 1. The van der Waals surface area contributed by atoms with E-state index < -0.39 is 20.0 Å². The summed E-state index contributed by atoms with van der Waals surface area (Å²) in [5, 5.41) is 14.1. The standard InChI is InChI=1S/C68H133N2O6P/c1-6-8-10-12-14-16-18-20-22-24-26-28-30-32-34-35-36-38-40-42-44-46-48-50-52-54-56-58-60-62-68(72)69-66(65-76-77(73,74)75-64-63-70(3,4)5)67(71)61-59-57-55-53-51-49-47-45-43-41-39-37-33-31-29-27-25-23-21-19-17-15-13-11-9-7-2/h18,20,24,26,30,32,66-67,71H,6-17,19,21-23,25,27-29,31,33-65H2,1-5H3,(H-,69,72,73,74)/p+1/b20-18-,26-24-,32-30-. The molecule has 3 unspecified atom stereocenters. The summed E-state index contributed by atoms with van der Waals surface area (Å²) in [4.78, 5) is 23.4. The second-order valence-electron chi connectivity index (χ2n) is 24.6. The van der Waals surface area contributed by atoms with Crippen LogP contribution in [0.3, 0.4) is 0 Å². The van der Waals surface area contributed by atoms with Crippen molar-refractivity contribution in [1.82, 2.24) is 5.32 Å². The Morgan fingerprint density at radius 3 is 1.08 bits per heavy atom. The van der Waals surface area contributed by atoms with Crippen LogP contribution in [0.5, 0.6) is 0 Å². The molecule has 1 amide bonds. The first-order valence-electron chi connectivity index (χ1n) is 33.9. The highest BCUT2D eigenvalue weighted by atomic mass is 31.2. The quantitative estimate of drug-likeness (QED) is 0.0243. The van der Waals surface area contributed by atoms with E-state index in [4.69, 9.17) is 9.05 Å². The zero-order valence-electron chi connectivity index (χ0n) is 52.2. The molecule has 0 saturated heterocycles. The molecule has 3 atom stereocenters. The van der Waals surface area contributed by atoms with E-state index in [1.807, 2.05) is 21.1 Å². The predicted molar refractivity (Wildman–Crippen MR) is 337 cm³/mol. The van der Waals surface area contributed by atoms with E-state index in [1.54, 1.807) is 0 Å². The predicted octanol–water partition coefficient (Wildman–Crippen LogP) is 21.3. The molecule has 77 heavy (non-hydrogen) atoms. The molecule has 0 heterocycles. The minimum absolute atomic E-state index is 0.0757. The molecule has 0 aliphatic rings. The van der Waals surface area contributed by atoms with Crippen molar-refractivity contribution in [3.05, 3.63) is 36.5 Å². The van der Waals surface area contributed by atoms with Crippen LogP contribution in [0, 0.1) is 0 Å². The van der Waals surface area contributed by atoms with Crippen LogP contribution in [-0.2, 0) is 18.4 Å². The van der Waals surface area contributed by atoms with Crippen LogP contribution in [0.25, 0.3) is 0 Å². The fourth-order valence-corrected chi connectivity index (χ4v) is 11.1. The molecule has 0 aromatic rings. The molecule has 0 saturated carbocycles. The third-order valence-corrected chi connectivity index (χ3v) is 16.6. The van der Waals surface area contributed by atoms with Crippen molar-refractivity contribution in [2.75, 3.05) is 40.9 Å². The first-order chi connectivity index (χ1) is 37.5. The number of allylic oxidation sites excluding steroid dienone is 6. The average Bonchev–Trinajstić information content (AvgIpc) is 3.39. The molecule has 0 aliphatic heterocycles. The number of carbonyl (C=O) groups excluding carboxylic acids is 1. The van der Waals surface area contributed by atoms with E-state index >= 15 is 0 Å². The van der Waals surface area contributed by atoms with Crippen LogP contribution in [0.4, 0.5) is 0 Å². The maximum absolute atomic E-state index is 13.1. The molecular weight excluding hydrogens is 972 g/mol. The Kier molecular flexibility index (Phi) is 58.4. The summed E-state index contributed by atoms with van der Waals surface area (Å²) in [5.41, 5.74) is 0. The molecule has 3 N–H and O–H groups in total. The van der Waals surface area contributed by atoms with Gasteiger partial charge in [0.15, 0.2) is 0 Å². The number of aliphatic hydroxyl groups is 1. The summed E-state index contributed by atoms with van der Waals surface area (Å²) in [5.74, 6) is -0.140. The van der Waals surface area contributed by atoms with Gasteiger partial charge in [0, 0.05) is 6.42 Å². The van der Waals surface area contributed by atoms with Gasteiger partial charge in [-0.05, 0) is 51.4 Å².